The predicted molar refractivity (Wildman–Crippen MR) is 106 cm³/mol. The lowest BCUT2D eigenvalue weighted by Crippen LogP contribution is -2.03. The molecule has 1 nitrogen and oxygen atoms in total. The summed E-state index contributed by atoms with van der Waals surface area (Å²) in [5.41, 5.74) is 5.51. The van der Waals surface area contributed by atoms with Gasteiger partial charge in [0.05, 0.1) is 5.56 Å². The molecule has 0 aliphatic carbocycles. The van der Waals surface area contributed by atoms with E-state index in [-0.39, 0.29) is 0 Å². The molecule has 0 aromatic heterocycles. The molecule has 0 unspecified atom stereocenters. The van der Waals surface area contributed by atoms with Crippen molar-refractivity contribution in [1.29, 1.82) is 0 Å². The second kappa shape index (κ2) is 7.70. The Balaban J connectivity index is 1.67. The lowest BCUT2D eigenvalue weighted by Gasteiger charge is -2.10. The number of alkyl halides is 3. The average Bonchev–Trinajstić information content (AvgIpc) is 2.63. The normalized spacial score (nSPS) is 11.7. The van der Waals surface area contributed by atoms with Crippen molar-refractivity contribution in [3.63, 3.8) is 0 Å². The highest BCUT2D eigenvalue weighted by molar-refractivity contribution is 5.71. The first-order valence-electron chi connectivity index (χ1n) is 8.61. The van der Waals surface area contributed by atoms with Crippen LogP contribution in [0.15, 0.2) is 66.7 Å². The van der Waals surface area contributed by atoms with Crippen molar-refractivity contribution in [3.05, 3.63) is 94.5 Å². The van der Waals surface area contributed by atoms with Gasteiger partial charge in [-0.3, -0.25) is 0 Å². The molecule has 0 heterocycles. The fourth-order valence-corrected chi connectivity index (χ4v) is 2.76. The first-order chi connectivity index (χ1) is 12.8. The maximum atomic E-state index is 12.6. The Labute approximate surface area is 157 Å². The van der Waals surface area contributed by atoms with Gasteiger partial charge in [0.2, 0.25) is 0 Å². The molecule has 3 rings (SSSR count). The smallest absolute Gasteiger partial charge is 0.355 e. The minimum Gasteiger partial charge on any atom is -0.355 e. The lowest BCUT2D eigenvalue weighted by molar-refractivity contribution is -0.137. The van der Waals surface area contributed by atoms with Gasteiger partial charge < -0.3 is 5.32 Å². The Bertz CT molecular complexity index is 937. The van der Waals surface area contributed by atoms with Crippen LogP contribution < -0.4 is 5.32 Å². The van der Waals surface area contributed by atoms with Crippen molar-refractivity contribution in [2.24, 2.45) is 0 Å². The second-order valence-corrected chi connectivity index (χ2v) is 6.52. The monoisotopic (exact) mass is 367 g/mol. The highest BCUT2D eigenvalue weighted by Gasteiger charge is 2.29. The third-order valence-electron chi connectivity index (χ3n) is 4.28. The summed E-state index contributed by atoms with van der Waals surface area (Å²) in [5, 5.41) is 3.39. The molecule has 0 amide bonds. The number of rotatable bonds is 4. The molecule has 0 saturated heterocycles. The molecule has 4 heteroatoms. The van der Waals surface area contributed by atoms with E-state index in [1.54, 1.807) is 6.08 Å². The molecule has 0 bridgehead atoms. The zero-order valence-electron chi connectivity index (χ0n) is 15.1. The maximum absolute atomic E-state index is 12.6. The minimum absolute atomic E-state index is 0.638. The molecule has 0 spiro atoms. The Morgan fingerprint density at radius 2 is 1.30 bits per heavy atom. The van der Waals surface area contributed by atoms with Crippen molar-refractivity contribution < 1.29 is 13.2 Å². The molecular formula is C23H20F3N. The second-order valence-electron chi connectivity index (χ2n) is 6.52. The van der Waals surface area contributed by atoms with E-state index < -0.39 is 11.7 Å². The molecule has 0 aliphatic rings. The molecule has 1 N–H and O–H groups in total. The number of nitrogens with one attached hydrogen (secondary N) is 1. The molecule has 0 fully saturated rings. The molecule has 138 valence electrons. The van der Waals surface area contributed by atoms with E-state index in [9.17, 15) is 13.2 Å². The molecule has 3 aromatic rings. The van der Waals surface area contributed by atoms with Crippen molar-refractivity contribution in [3.8, 4) is 0 Å². The summed E-state index contributed by atoms with van der Waals surface area (Å²) in [6.07, 6.45) is -0.628. The van der Waals surface area contributed by atoms with E-state index in [4.69, 9.17) is 0 Å². The van der Waals surface area contributed by atoms with Gasteiger partial charge in [-0.2, -0.15) is 13.2 Å². The summed E-state index contributed by atoms with van der Waals surface area (Å²) in [7, 11) is 0. The van der Waals surface area contributed by atoms with E-state index in [0.29, 0.717) is 0 Å². The summed E-state index contributed by atoms with van der Waals surface area (Å²) in [6, 6.07) is 19.3. The summed E-state index contributed by atoms with van der Waals surface area (Å²) in [5.74, 6) is 0. The van der Waals surface area contributed by atoms with E-state index >= 15 is 0 Å². The van der Waals surface area contributed by atoms with Gasteiger partial charge in [-0.1, -0.05) is 54.1 Å². The summed E-state index contributed by atoms with van der Waals surface area (Å²) in [6.45, 7) is 4.13. The summed E-state index contributed by atoms with van der Waals surface area (Å²) >= 11 is 0. The third-order valence-corrected chi connectivity index (χ3v) is 4.28. The van der Waals surface area contributed by atoms with Crippen molar-refractivity contribution in [1.82, 2.24) is 0 Å². The number of hydrogen-bond acceptors (Lipinski definition) is 1. The van der Waals surface area contributed by atoms with Crippen LogP contribution in [0.5, 0.6) is 0 Å². The predicted octanol–water partition coefficient (Wildman–Crippen LogP) is 7.24. The Kier molecular flexibility index (Phi) is 5.36. The lowest BCUT2D eigenvalue weighted by atomic mass is 10.1. The van der Waals surface area contributed by atoms with Crippen LogP contribution in [0.1, 0.15) is 27.8 Å². The Morgan fingerprint density at radius 3 is 1.81 bits per heavy atom. The van der Waals surface area contributed by atoms with Crippen LogP contribution >= 0.6 is 0 Å². The SMILES string of the molecule is Cc1ccc(Nc2ccc(/C=C/c3ccc(C(F)(F)F)cc3)cc2)c(C)c1. The first kappa shape index (κ1) is 18.8. The van der Waals surface area contributed by atoms with Crippen LogP contribution in [-0.2, 0) is 6.18 Å². The molecule has 0 atom stereocenters. The number of hydrogen-bond donors (Lipinski definition) is 1. The van der Waals surface area contributed by atoms with Gasteiger partial charge in [-0.05, 0) is 60.9 Å². The van der Waals surface area contributed by atoms with Crippen LogP contribution in [0.4, 0.5) is 24.5 Å². The van der Waals surface area contributed by atoms with Crippen molar-refractivity contribution in [2.75, 3.05) is 5.32 Å². The van der Waals surface area contributed by atoms with Gasteiger partial charge in [0.25, 0.3) is 0 Å². The highest BCUT2D eigenvalue weighted by Crippen LogP contribution is 2.29. The Hall–Kier alpha value is -3.01. The topological polar surface area (TPSA) is 12.0 Å². The molecule has 0 radical (unpaired) electrons. The standard InChI is InChI=1S/C23H20F3N/c1-16-3-14-22(17(2)15-16)27-21-12-8-19(9-13-21)5-4-18-6-10-20(11-7-18)23(24,25)26/h3-15,27H,1-2H3/b5-4+. The van der Waals surface area contributed by atoms with Crippen LogP contribution in [0, 0.1) is 13.8 Å². The first-order valence-corrected chi connectivity index (χ1v) is 8.61. The van der Waals surface area contributed by atoms with Crippen molar-refractivity contribution in [2.45, 2.75) is 20.0 Å². The quantitative estimate of drug-likeness (QED) is 0.479. The van der Waals surface area contributed by atoms with Gasteiger partial charge in [-0.25, -0.2) is 0 Å². The van der Waals surface area contributed by atoms with Gasteiger partial charge in [0.15, 0.2) is 0 Å². The third kappa shape index (κ3) is 5.00. The fraction of sp³-hybridized carbons (Fsp3) is 0.130. The molecule has 27 heavy (non-hydrogen) atoms. The summed E-state index contributed by atoms with van der Waals surface area (Å²) < 4.78 is 37.8. The van der Waals surface area contributed by atoms with E-state index in [2.05, 4.69) is 37.4 Å². The van der Waals surface area contributed by atoms with Crippen LogP contribution in [0.3, 0.4) is 0 Å². The molecular weight excluding hydrogens is 347 g/mol. The van der Waals surface area contributed by atoms with Gasteiger partial charge >= 0.3 is 6.18 Å². The maximum Gasteiger partial charge on any atom is 0.416 e. The van der Waals surface area contributed by atoms with Crippen molar-refractivity contribution >= 4 is 23.5 Å². The minimum atomic E-state index is -4.30. The molecule has 0 saturated carbocycles. The van der Waals surface area contributed by atoms with E-state index in [0.717, 1.165) is 34.6 Å². The average molecular weight is 367 g/mol. The Morgan fingerprint density at radius 1 is 0.741 bits per heavy atom. The molecule has 3 aromatic carbocycles. The zero-order chi connectivity index (χ0) is 19.4. The van der Waals surface area contributed by atoms with Crippen LogP contribution in [0.2, 0.25) is 0 Å². The molecule has 0 aliphatic heterocycles. The largest absolute Gasteiger partial charge is 0.416 e. The van der Waals surface area contributed by atoms with Crippen LogP contribution in [-0.4, -0.2) is 0 Å². The van der Waals surface area contributed by atoms with E-state index in [1.165, 1.54) is 23.3 Å². The van der Waals surface area contributed by atoms with Gasteiger partial charge in [-0.15, -0.1) is 0 Å². The zero-order valence-corrected chi connectivity index (χ0v) is 15.1. The number of benzene rings is 3. The fourth-order valence-electron chi connectivity index (χ4n) is 2.76. The van der Waals surface area contributed by atoms with Gasteiger partial charge in [0.1, 0.15) is 0 Å². The summed E-state index contributed by atoms with van der Waals surface area (Å²) in [4.78, 5) is 0. The number of halogens is 3. The van der Waals surface area contributed by atoms with Crippen LogP contribution in [0.25, 0.3) is 12.2 Å². The number of anilines is 2. The van der Waals surface area contributed by atoms with Gasteiger partial charge in [0, 0.05) is 11.4 Å². The highest BCUT2D eigenvalue weighted by atomic mass is 19.4. The number of aryl methyl sites for hydroxylation is 2. The van der Waals surface area contributed by atoms with E-state index in [1.807, 2.05) is 30.3 Å².